The molecule has 1 aliphatic heterocycles. The van der Waals surface area contributed by atoms with E-state index in [0.717, 1.165) is 31.5 Å². The van der Waals surface area contributed by atoms with E-state index in [1.54, 1.807) is 24.1 Å². The first kappa shape index (κ1) is 16.0. The number of rotatable bonds is 3. The van der Waals surface area contributed by atoms with Gasteiger partial charge in [0.1, 0.15) is 5.82 Å². The summed E-state index contributed by atoms with van der Waals surface area (Å²) < 4.78 is 13.9. The van der Waals surface area contributed by atoms with Crippen LogP contribution in [0.2, 0.25) is 0 Å². The maximum Gasteiger partial charge on any atom is 0.256 e. The number of likely N-dealkylation sites (tertiary alicyclic amines) is 1. The van der Waals surface area contributed by atoms with E-state index in [9.17, 15) is 9.18 Å². The van der Waals surface area contributed by atoms with Crippen LogP contribution in [0.25, 0.3) is 0 Å². The van der Waals surface area contributed by atoms with Crippen LogP contribution in [0.5, 0.6) is 0 Å². The summed E-state index contributed by atoms with van der Waals surface area (Å²) in [5.41, 5.74) is 1.01. The van der Waals surface area contributed by atoms with Gasteiger partial charge in [0.25, 0.3) is 5.91 Å². The smallest absolute Gasteiger partial charge is 0.256 e. The van der Waals surface area contributed by atoms with Crippen molar-refractivity contribution in [2.24, 2.45) is 0 Å². The minimum atomic E-state index is -0.425. The number of aryl methyl sites for hydroxylation is 1. The minimum Gasteiger partial charge on any atom is -0.339 e. The van der Waals surface area contributed by atoms with Gasteiger partial charge in [-0.25, -0.2) is 4.39 Å². The number of nitrogens with zero attached hydrogens (tertiary/aromatic N) is 2. The third-order valence-electron chi connectivity index (χ3n) is 4.45. The molecule has 1 aliphatic rings. The van der Waals surface area contributed by atoms with Crippen LogP contribution in [0.1, 0.15) is 42.6 Å². The maximum absolute atomic E-state index is 13.9. The van der Waals surface area contributed by atoms with Crippen molar-refractivity contribution in [1.82, 2.24) is 9.80 Å². The van der Waals surface area contributed by atoms with Crippen LogP contribution in [0.15, 0.2) is 18.2 Å². The molecule has 0 aliphatic carbocycles. The highest BCUT2D eigenvalue weighted by molar-refractivity contribution is 5.94. The van der Waals surface area contributed by atoms with E-state index in [1.165, 1.54) is 6.07 Å². The molecule has 0 N–H and O–H groups in total. The van der Waals surface area contributed by atoms with Crippen LogP contribution in [0.3, 0.4) is 0 Å². The van der Waals surface area contributed by atoms with Crippen molar-refractivity contribution < 1.29 is 9.18 Å². The molecule has 3 nitrogen and oxygen atoms in total. The second-order valence-electron chi connectivity index (χ2n) is 6.26. The Morgan fingerprint density at radius 3 is 2.48 bits per heavy atom. The van der Waals surface area contributed by atoms with Gasteiger partial charge in [-0.05, 0) is 51.3 Å². The van der Waals surface area contributed by atoms with E-state index in [4.69, 9.17) is 0 Å². The molecule has 0 radical (unpaired) electrons. The van der Waals surface area contributed by atoms with Gasteiger partial charge in [0.2, 0.25) is 0 Å². The third-order valence-corrected chi connectivity index (χ3v) is 4.45. The number of piperidine rings is 1. The van der Waals surface area contributed by atoms with Crippen LogP contribution < -0.4 is 0 Å². The number of amides is 1. The van der Waals surface area contributed by atoms with E-state index in [-0.39, 0.29) is 17.5 Å². The summed E-state index contributed by atoms with van der Waals surface area (Å²) in [5, 5.41) is 0. The lowest BCUT2D eigenvalue weighted by Gasteiger charge is -2.38. The van der Waals surface area contributed by atoms with Crippen molar-refractivity contribution in [3.63, 3.8) is 0 Å². The van der Waals surface area contributed by atoms with E-state index in [1.807, 2.05) is 6.92 Å². The first-order valence-corrected chi connectivity index (χ1v) is 7.67. The van der Waals surface area contributed by atoms with Crippen molar-refractivity contribution in [3.05, 3.63) is 35.1 Å². The van der Waals surface area contributed by atoms with E-state index >= 15 is 0 Å². The first-order chi connectivity index (χ1) is 9.90. The minimum absolute atomic E-state index is 0.175. The van der Waals surface area contributed by atoms with Gasteiger partial charge in [-0.15, -0.1) is 0 Å². The van der Waals surface area contributed by atoms with Crippen LogP contribution in [0, 0.1) is 12.7 Å². The van der Waals surface area contributed by atoms with Crippen molar-refractivity contribution in [1.29, 1.82) is 0 Å². The molecule has 1 aromatic rings. The fraction of sp³-hybridized carbons (Fsp3) is 0.588. The molecular formula is C17H25FN2O. The predicted octanol–water partition coefficient (Wildman–Crippen LogP) is 3.08. The van der Waals surface area contributed by atoms with E-state index < -0.39 is 5.82 Å². The highest BCUT2D eigenvalue weighted by Gasteiger charge is 2.27. The predicted molar refractivity (Wildman–Crippen MR) is 83.0 cm³/mol. The Bertz CT molecular complexity index is 508. The standard InChI is InChI=1S/C17H25FN2O/c1-12(2)20-9-7-14(8-10-20)19(4)17(21)15-6-5-13(3)11-16(15)18/h5-6,11-12,14H,7-10H2,1-4H3. The maximum atomic E-state index is 13.9. The summed E-state index contributed by atoms with van der Waals surface area (Å²) in [4.78, 5) is 16.6. The van der Waals surface area contributed by atoms with Crippen molar-refractivity contribution in [3.8, 4) is 0 Å². The van der Waals surface area contributed by atoms with Crippen molar-refractivity contribution >= 4 is 5.91 Å². The van der Waals surface area contributed by atoms with Crippen LogP contribution >= 0.6 is 0 Å². The highest BCUT2D eigenvalue weighted by Crippen LogP contribution is 2.20. The molecule has 0 aromatic heterocycles. The molecule has 4 heteroatoms. The molecule has 0 bridgehead atoms. The zero-order valence-corrected chi connectivity index (χ0v) is 13.4. The van der Waals surface area contributed by atoms with Crippen LogP contribution in [-0.4, -0.2) is 47.9 Å². The number of benzene rings is 1. The molecule has 1 amide bonds. The third kappa shape index (κ3) is 3.62. The summed E-state index contributed by atoms with van der Waals surface area (Å²) in [6.45, 7) is 8.20. The lowest BCUT2D eigenvalue weighted by Crippen LogP contribution is -2.47. The second-order valence-corrected chi connectivity index (χ2v) is 6.26. The lowest BCUT2D eigenvalue weighted by atomic mass is 10.0. The summed E-state index contributed by atoms with van der Waals surface area (Å²) in [6.07, 6.45) is 1.90. The van der Waals surface area contributed by atoms with Gasteiger partial charge in [0.05, 0.1) is 5.56 Å². The monoisotopic (exact) mass is 292 g/mol. The van der Waals surface area contributed by atoms with Gasteiger partial charge in [-0.2, -0.15) is 0 Å². The molecule has 1 fully saturated rings. The molecule has 1 heterocycles. The number of halogens is 1. The highest BCUT2D eigenvalue weighted by atomic mass is 19.1. The topological polar surface area (TPSA) is 23.6 Å². The normalized spacial score (nSPS) is 17.2. The van der Waals surface area contributed by atoms with Gasteiger partial charge in [0.15, 0.2) is 0 Å². The van der Waals surface area contributed by atoms with Crippen LogP contribution in [0.4, 0.5) is 4.39 Å². The fourth-order valence-corrected chi connectivity index (χ4v) is 2.94. The fourth-order valence-electron chi connectivity index (χ4n) is 2.94. The molecule has 2 rings (SSSR count). The molecular weight excluding hydrogens is 267 g/mol. The van der Waals surface area contributed by atoms with Gasteiger partial charge in [-0.3, -0.25) is 4.79 Å². The number of carbonyl (C=O) groups excluding carboxylic acids is 1. The van der Waals surface area contributed by atoms with Gasteiger partial charge < -0.3 is 9.80 Å². The Morgan fingerprint density at radius 1 is 1.33 bits per heavy atom. The SMILES string of the molecule is Cc1ccc(C(=O)N(C)C2CCN(C(C)C)CC2)c(F)c1. The average molecular weight is 292 g/mol. The molecule has 0 unspecified atom stereocenters. The van der Waals surface area contributed by atoms with Gasteiger partial charge in [-0.1, -0.05) is 6.07 Å². The zero-order chi connectivity index (χ0) is 15.6. The Labute approximate surface area is 126 Å². The van der Waals surface area contributed by atoms with Gasteiger partial charge in [0, 0.05) is 32.2 Å². The molecule has 0 spiro atoms. The Hall–Kier alpha value is -1.42. The average Bonchev–Trinajstić information content (AvgIpc) is 2.46. The quantitative estimate of drug-likeness (QED) is 0.855. The van der Waals surface area contributed by atoms with Crippen LogP contribution in [-0.2, 0) is 0 Å². The molecule has 1 saturated heterocycles. The lowest BCUT2D eigenvalue weighted by molar-refractivity contribution is 0.0611. The molecule has 0 saturated carbocycles. The Morgan fingerprint density at radius 2 is 1.95 bits per heavy atom. The molecule has 1 aromatic carbocycles. The van der Waals surface area contributed by atoms with E-state index in [2.05, 4.69) is 18.7 Å². The number of hydrogen-bond donors (Lipinski definition) is 0. The Kier molecular flexibility index (Phi) is 4.99. The summed E-state index contributed by atoms with van der Waals surface area (Å²) in [6, 6.07) is 5.54. The van der Waals surface area contributed by atoms with E-state index in [0.29, 0.717) is 6.04 Å². The van der Waals surface area contributed by atoms with Gasteiger partial charge >= 0.3 is 0 Å². The van der Waals surface area contributed by atoms with Crippen molar-refractivity contribution in [2.45, 2.75) is 45.7 Å². The molecule has 21 heavy (non-hydrogen) atoms. The largest absolute Gasteiger partial charge is 0.339 e. The molecule has 116 valence electrons. The summed E-state index contributed by atoms with van der Waals surface area (Å²) >= 11 is 0. The number of hydrogen-bond acceptors (Lipinski definition) is 2. The number of carbonyl (C=O) groups is 1. The molecule has 0 atom stereocenters. The zero-order valence-electron chi connectivity index (χ0n) is 13.4. The Balaban J connectivity index is 2.03. The summed E-state index contributed by atoms with van der Waals surface area (Å²) in [7, 11) is 1.79. The van der Waals surface area contributed by atoms with Crippen molar-refractivity contribution in [2.75, 3.05) is 20.1 Å². The summed E-state index contributed by atoms with van der Waals surface area (Å²) in [5.74, 6) is -0.637. The second kappa shape index (κ2) is 6.56. The first-order valence-electron chi connectivity index (χ1n) is 7.67.